The maximum Gasteiger partial charge on any atom is 0.216 e. The fourth-order valence-electron chi connectivity index (χ4n) is 3.42. The van der Waals surface area contributed by atoms with Crippen LogP contribution in [0, 0.1) is 20.8 Å². The van der Waals surface area contributed by atoms with Crippen LogP contribution in [0.2, 0.25) is 0 Å². The number of morpholine rings is 1. The van der Waals surface area contributed by atoms with Gasteiger partial charge in [0, 0.05) is 26.2 Å². The maximum absolute atomic E-state index is 5.65. The largest absolute Gasteiger partial charge is 0.444 e. The van der Waals surface area contributed by atoms with Crippen LogP contribution in [0.25, 0.3) is 0 Å². The summed E-state index contributed by atoms with van der Waals surface area (Å²) in [4.78, 5) is 11.6. The molecule has 3 rings (SSSR count). The average molecular weight is 527 g/mol. The summed E-state index contributed by atoms with van der Waals surface area (Å²) in [6.07, 6.45) is 0. The number of oxazole rings is 1. The quantitative estimate of drug-likeness (QED) is 0.327. The molecule has 7 nitrogen and oxygen atoms in total. The number of nitrogens with one attached hydrogen (secondary N) is 2. The Morgan fingerprint density at radius 2 is 1.83 bits per heavy atom. The summed E-state index contributed by atoms with van der Waals surface area (Å²) >= 11 is 0. The van der Waals surface area contributed by atoms with Gasteiger partial charge < -0.3 is 19.8 Å². The molecule has 30 heavy (non-hydrogen) atoms. The first-order valence-electron chi connectivity index (χ1n) is 10.4. The molecule has 0 bridgehead atoms. The number of nitrogens with zero attached hydrogens (tertiary/aromatic N) is 3. The SMILES string of the molecule is CCNC(=NCc1nc(C)c(C)o1)NCC(c1ccc(C)cc1)N1CCOCC1.I. The molecule has 166 valence electrons. The summed E-state index contributed by atoms with van der Waals surface area (Å²) in [5.41, 5.74) is 3.49. The lowest BCUT2D eigenvalue weighted by atomic mass is 10.0. The monoisotopic (exact) mass is 527 g/mol. The van der Waals surface area contributed by atoms with E-state index in [0.717, 1.165) is 56.8 Å². The predicted molar refractivity (Wildman–Crippen MR) is 131 cm³/mol. The van der Waals surface area contributed by atoms with Gasteiger partial charge in [-0.25, -0.2) is 9.98 Å². The number of halogens is 1. The molecule has 1 unspecified atom stereocenters. The van der Waals surface area contributed by atoms with Crippen LogP contribution in [0.3, 0.4) is 0 Å². The second-order valence-electron chi connectivity index (χ2n) is 7.40. The smallest absolute Gasteiger partial charge is 0.216 e. The molecule has 0 amide bonds. The van der Waals surface area contributed by atoms with Crippen LogP contribution in [0.15, 0.2) is 33.7 Å². The minimum Gasteiger partial charge on any atom is -0.444 e. The second kappa shape index (κ2) is 12.3. The summed E-state index contributed by atoms with van der Waals surface area (Å²) in [6, 6.07) is 9.05. The van der Waals surface area contributed by atoms with Gasteiger partial charge in [0.2, 0.25) is 5.89 Å². The van der Waals surface area contributed by atoms with E-state index in [-0.39, 0.29) is 30.0 Å². The van der Waals surface area contributed by atoms with E-state index in [1.165, 1.54) is 11.1 Å². The zero-order chi connectivity index (χ0) is 20.6. The molecule has 8 heteroatoms. The Kier molecular flexibility index (Phi) is 10.1. The Bertz CT molecular complexity index is 781. The van der Waals surface area contributed by atoms with Crippen molar-refractivity contribution >= 4 is 29.9 Å². The molecule has 2 N–H and O–H groups in total. The first-order chi connectivity index (χ1) is 14.1. The van der Waals surface area contributed by atoms with E-state index >= 15 is 0 Å². The number of aliphatic imine (C=N–C) groups is 1. The molecule has 0 saturated carbocycles. The number of benzene rings is 1. The summed E-state index contributed by atoms with van der Waals surface area (Å²) < 4.78 is 11.2. The zero-order valence-corrected chi connectivity index (χ0v) is 20.7. The fourth-order valence-corrected chi connectivity index (χ4v) is 3.42. The molecule has 1 saturated heterocycles. The van der Waals surface area contributed by atoms with Crippen molar-refractivity contribution < 1.29 is 9.15 Å². The molecule has 1 atom stereocenters. The minimum atomic E-state index is 0. The topological polar surface area (TPSA) is 74.9 Å². The average Bonchev–Trinajstić information content (AvgIpc) is 3.05. The van der Waals surface area contributed by atoms with E-state index in [0.29, 0.717) is 12.4 Å². The van der Waals surface area contributed by atoms with Crippen molar-refractivity contribution in [2.75, 3.05) is 39.4 Å². The third-order valence-corrected chi connectivity index (χ3v) is 5.20. The molecular weight excluding hydrogens is 493 g/mol. The van der Waals surface area contributed by atoms with Gasteiger partial charge in [0.1, 0.15) is 12.3 Å². The predicted octanol–water partition coefficient (Wildman–Crippen LogP) is 3.35. The van der Waals surface area contributed by atoms with Crippen LogP contribution in [0.4, 0.5) is 0 Å². The Morgan fingerprint density at radius 3 is 2.43 bits per heavy atom. The van der Waals surface area contributed by atoms with Crippen LogP contribution in [-0.4, -0.2) is 55.2 Å². The van der Waals surface area contributed by atoms with Gasteiger partial charge in [-0.3, -0.25) is 4.90 Å². The van der Waals surface area contributed by atoms with Gasteiger partial charge >= 0.3 is 0 Å². The third-order valence-electron chi connectivity index (χ3n) is 5.20. The molecule has 1 aliphatic heterocycles. The van der Waals surface area contributed by atoms with Gasteiger partial charge in [-0.05, 0) is 33.3 Å². The van der Waals surface area contributed by atoms with Crippen molar-refractivity contribution in [1.29, 1.82) is 0 Å². The van der Waals surface area contributed by atoms with E-state index in [2.05, 4.69) is 63.6 Å². The van der Waals surface area contributed by atoms with Crippen LogP contribution < -0.4 is 10.6 Å². The molecule has 2 aromatic rings. The number of rotatable bonds is 7. The minimum absolute atomic E-state index is 0. The standard InChI is InChI=1S/C22H33N5O2.HI/c1-5-23-22(25-15-21-26-17(3)18(4)29-21)24-14-20(27-10-12-28-13-11-27)19-8-6-16(2)7-9-19;/h6-9,20H,5,10-15H2,1-4H3,(H2,23,24,25);1H. The number of hydrogen-bond acceptors (Lipinski definition) is 5. The van der Waals surface area contributed by atoms with Crippen molar-refractivity contribution in [3.63, 3.8) is 0 Å². The first kappa shape index (κ1) is 24.6. The van der Waals surface area contributed by atoms with Crippen LogP contribution in [0.5, 0.6) is 0 Å². The van der Waals surface area contributed by atoms with Crippen LogP contribution in [-0.2, 0) is 11.3 Å². The maximum atomic E-state index is 5.65. The molecular formula is C22H34IN5O2. The third kappa shape index (κ3) is 6.95. The fraction of sp³-hybridized carbons (Fsp3) is 0.545. The number of hydrogen-bond donors (Lipinski definition) is 2. The zero-order valence-electron chi connectivity index (χ0n) is 18.4. The van der Waals surface area contributed by atoms with E-state index in [9.17, 15) is 0 Å². The van der Waals surface area contributed by atoms with Crippen molar-refractivity contribution in [1.82, 2.24) is 20.5 Å². The molecule has 1 aliphatic rings. The van der Waals surface area contributed by atoms with Gasteiger partial charge in [0.05, 0.1) is 24.9 Å². The second-order valence-corrected chi connectivity index (χ2v) is 7.40. The first-order valence-corrected chi connectivity index (χ1v) is 10.4. The lowest BCUT2D eigenvalue weighted by Crippen LogP contribution is -2.46. The molecule has 1 aromatic carbocycles. The molecule has 0 aliphatic carbocycles. The highest BCUT2D eigenvalue weighted by Gasteiger charge is 2.23. The van der Waals surface area contributed by atoms with Gasteiger partial charge in [0.25, 0.3) is 0 Å². The lowest BCUT2D eigenvalue weighted by molar-refractivity contribution is 0.0170. The summed E-state index contributed by atoms with van der Waals surface area (Å²) in [6.45, 7) is 13.4. The summed E-state index contributed by atoms with van der Waals surface area (Å²) in [5.74, 6) is 2.26. The highest BCUT2D eigenvalue weighted by molar-refractivity contribution is 14.0. The molecule has 2 heterocycles. The molecule has 0 spiro atoms. The molecule has 1 aromatic heterocycles. The van der Waals surface area contributed by atoms with E-state index in [1.807, 2.05) is 13.8 Å². The Morgan fingerprint density at radius 1 is 1.13 bits per heavy atom. The van der Waals surface area contributed by atoms with Crippen LogP contribution >= 0.6 is 24.0 Å². The Labute approximate surface area is 196 Å². The van der Waals surface area contributed by atoms with Crippen molar-refractivity contribution in [2.45, 2.75) is 40.3 Å². The number of guanidine groups is 1. The van der Waals surface area contributed by atoms with Gasteiger partial charge in [-0.1, -0.05) is 29.8 Å². The Balaban J connectivity index is 0.00000320. The van der Waals surface area contributed by atoms with E-state index < -0.39 is 0 Å². The highest BCUT2D eigenvalue weighted by atomic mass is 127. The van der Waals surface area contributed by atoms with Gasteiger partial charge in [-0.15, -0.1) is 24.0 Å². The summed E-state index contributed by atoms with van der Waals surface area (Å²) in [7, 11) is 0. The van der Waals surface area contributed by atoms with Crippen molar-refractivity contribution in [3.8, 4) is 0 Å². The molecule has 1 fully saturated rings. The highest BCUT2D eigenvalue weighted by Crippen LogP contribution is 2.21. The number of aromatic nitrogens is 1. The Hall–Kier alpha value is -1.65. The van der Waals surface area contributed by atoms with Crippen molar-refractivity contribution in [3.05, 3.63) is 52.7 Å². The normalized spacial score (nSPS) is 16.1. The van der Waals surface area contributed by atoms with Crippen molar-refractivity contribution in [2.24, 2.45) is 4.99 Å². The number of ether oxygens (including phenoxy) is 1. The van der Waals surface area contributed by atoms with Gasteiger partial charge in [-0.2, -0.15) is 0 Å². The summed E-state index contributed by atoms with van der Waals surface area (Å²) in [5, 5.41) is 6.83. The van der Waals surface area contributed by atoms with E-state index in [1.54, 1.807) is 0 Å². The van der Waals surface area contributed by atoms with E-state index in [4.69, 9.17) is 9.15 Å². The number of aryl methyl sites for hydroxylation is 3. The lowest BCUT2D eigenvalue weighted by Gasteiger charge is -2.35. The van der Waals surface area contributed by atoms with Gasteiger partial charge in [0.15, 0.2) is 5.96 Å². The van der Waals surface area contributed by atoms with Crippen LogP contribution in [0.1, 0.15) is 41.4 Å². The molecule has 0 radical (unpaired) electrons.